The predicted molar refractivity (Wildman–Crippen MR) is 93.2 cm³/mol. The van der Waals surface area contributed by atoms with Crippen molar-refractivity contribution in [2.75, 3.05) is 0 Å². The van der Waals surface area contributed by atoms with E-state index in [4.69, 9.17) is 0 Å². The van der Waals surface area contributed by atoms with Gasteiger partial charge >= 0.3 is 0 Å². The number of rotatable bonds is 3. The Kier molecular flexibility index (Phi) is 4.66. The molecule has 0 atom stereocenters. The van der Waals surface area contributed by atoms with Gasteiger partial charge < -0.3 is 0 Å². The summed E-state index contributed by atoms with van der Waals surface area (Å²) in [5.74, 6) is 0. The van der Waals surface area contributed by atoms with Crippen molar-refractivity contribution >= 4 is 18.5 Å². The summed E-state index contributed by atoms with van der Waals surface area (Å²) in [5.41, 5.74) is 6.40. The van der Waals surface area contributed by atoms with Gasteiger partial charge in [0.25, 0.3) is 0 Å². The van der Waals surface area contributed by atoms with Gasteiger partial charge in [-0.3, -0.25) is 0 Å². The molecular formula is C19H25P. The van der Waals surface area contributed by atoms with E-state index in [-0.39, 0.29) is 7.92 Å². The molecule has 2 aromatic rings. The molecule has 0 aliphatic heterocycles. The lowest BCUT2D eigenvalue weighted by Crippen LogP contribution is -2.22. The van der Waals surface area contributed by atoms with Crippen molar-refractivity contribution in [3.63, 3.8) is 0 Å². The van der Waals surface area contributed by atoms with Crippen molar-refractivity contribution in [1.29, 1.82) is 0 Å². The van der Waals surface area contributed by atoms with Gasteiger partial charge in [0.15, 0.2) is 0 Å². The minimum atomic E-state index is -0.284. The Labute approximate surface area is 125 Å². The quantitative estimate of drug-likeness (QED) is 0.713. The molecule has 0 aliphatic carbocycles. The van der Waals surface area contributed by atoms with Gasteiger partial charge in [0.1, 0.15) is 0 Å². The van der Waals surface area contributed by atoms with E-state index in [1.807, 2.05) is 0 Å². The van der Waals surface area contributed by atoms with Gasteiger partial charge in [0.05, 0.1) is 0 Å². The third-order valence-corrected chi connectivity index (χ3v) is 7.23. The fourth-order valence-corrected chi connectivity index (χ4v) is 5.62. The summed E-state index contributed by atoms with van der Waals surface area (Å²) in [4.78, 5) is 0. The molecule has 0 radical (unpaired) electrons. The Balaban J connectivity index is 2.63. The molecule has 0 unspecified atom stereocenters. The zero-order valence-corrected chi connectivity index (χ0v) is 14.4. The van der Waals surface area contributed by atoms with E-state index in [1.165, 1.54) is 22.3 Å². The molecule has 0 saturated carbocycles. The van der Waals surface area contributed by atoms with Gasteiger partial charge in [0, 0.05) is 0 Å². The first-order chi connectivity index (χ1) is 9.43. The Hall–Kier alpha value is -1.13. The van der Waals surface area contributed by atoms with E-state index in [9.17, 15) is 0 Å². The number of aryl methyl sites for hydroxylation is 2. The maximum Gasteiger partial charge on any atom is -0.0161 e. The van der Waals surface area contributed by atoms with Crippen molar-refractivity contribution in [2.45, 2.75) is 47.2 Å². The molecule has 0 heterocycles. The van der Waals surface area contributed by atoms with Crippen LogP contribution in [0.25, 0.3) is 0 Å². The van der Waals surface area contributed by atoms with E-state index in [0.29, 0.717) is 5.66 Å². The van der Waals surface area contributed by atoms with Crippen LogP contribution < -0.4 is 10.6 Å². The van der Waals surface area contributed by atoms with E-state index in [0.717, 1.165) is 0 Å². The predicted octanol–water partition coefficient (Wildman–Crippen LogP) is 4.76. The molecule has 2 rings (SSSR count). The van der Waals surface area contributed by atoms with Crippen LogP contribution >= 0.6 is 7.92 Å². The van der Waals surface area contributed by atoms with Crippen molar-refractivity contribution < 1.29 is 0 Å². The lowest BCUT2D eigenvalue weighted by Gasteiger charge is -2.27. The standard InChI is InChI=1S/C19H25P/c1-13(2)20(18-11-7-9-14(3)16(18)5)19-12-8-10-15(4)17(19)6/h7-13H,1-6H3. The van der Waals surface area contributed by atoms with Gasteiger partial charge in [-0.05, 0) is 74.1 Å². The zero-order valence-electron chi connectivity index (χ0n) is 13.5. The highest BCUT2D eigenvalue weighted by molar-refractivity contribution is 7.73. The molecule has 0 aliphatic rings. The summed E-state index contributed by atoms with van der Waals surface area (Å²) in [6.07, 6.45) is 0. The topological polar surface area (TPSA) is 0 Å². The molecule has 0 N–H and O–H groups in total. The summed E-state index contributed by atoms with van der Waals surface area (Å²) in [6, 6.07) is 13.5. The monoisotopic (exact) mass is 284 g/mol. The van der Waals surface area contributed by atoms with Crippen LogP contribution in [0.5, 0.6) is 0 Å². The molecule has 0 fully saturated rings. The van der Waals surface area contributed by atoms with E-state index < -0.39 is 0 Å². The molecule has 0 saturated heterocycles. The summed E-state index contributed by atoms with van der Waals surface area (Å²) >= 11 is 0. The van der Waals surface area contributed by atoms with Crippen LogP contribution in [0.15, 0.2) is 36.4 Å². The van der Waals surface area contributed by atoms with Crippen LogP contribution in [0.4, 0.5) is 0 Å². The Bertz CT molecular complexity index is 560. The van der Waals surface area contributed by atoms with Crippen LogP contribution in [0.3, 0.4) is 0 Å². The number of benzene rings is 2. The van der Waals surface area contributed by atoms with Crippen LogP contribution in [0, 0.1) is 27.7 Å². The third kappa shape index (κ3) is 2.81. The smallest absolute Gasteiger partial charge is 0.0161 e. The van der Waals surface area contributed by atoms with E-state index in [1.54, 1.807) is 10.6 Å². The molecule has 0 amide bonds. The average Bonchev–Trinajstić information content (AvgIpc) is 2.39. The van der Waals surface area contributed by atoms with Crippen molar-refractivity contribution in [3.8, 4) is 0 Å². The Morgan fingerprint density at radius 1 is 0.700 bits per heavy atom. The highest BCUT2D eigenvalue weighted by Gasteiger charge is 2.21. The minimum Gasteiger partial charge on any atom is -0.0613 e. The maximum atomic E-state index is 2.36. The fourth-order valence-electron chi connectivity index (χ4n) is 2.68. The maximum absolute atomic E-state index is 2.36. The molecule has 0 nitrogen and oxygen atoms in total. The first-order valence-electron chi connectivity index (χ1n) is 7.35. The zero-order chi connectivity index (χ0) is 14.9. The SMILES string of the molecule is Cc1cccc(P(c2cccc(C)c2C)C(C)C)c1C. The lowest BCUT2D eigenvalue weighted by atomic mass is 10.1. The number of hydrogen-bond acceptors (Lipinski definition) is 0. The lowest BCUT2D eigenvalue weighted by molar-refractivity contribution is 1.10. The van der Waals surface area contributed by atoms with Crippen LogP contribution in [0.2, 0.25) is 0 Å². The highest BCUT2D eigenvalue weighted by atomic mass is 31.1. The van der Waals surface area contributed by atoms with E-state index >= 15 is 0 Å². The summed E-state index contributed by atoms with van der Waals surface area (Å²) < 4.78 is 0. The molecule has 0 aromatic heterocycles. The molecule has 2 aromatic carbocycles. The average molecular weight is 284 g/mol. The normalized spacial score (nSPS) is 11.4. The molecule has 0 bridgehead atoms. The minimum absolute atomic E-state index is 0.284. The second-order valence-corrected chi connectivity index (χ2v) is 8.64. The largest absolute Gasteiger partial charge is 0.0613 e. The first-order valence-corrected chi connectivity index (χ1v) is 8.76. The van der Waals surface area contributed by atoms with Crippen LogP contribution in [-0.4, -0.2) is 5.66 Å². The summed E-state index contributed by atoms with van der Waals surface area (Å²) in [7, 11) is -0.284. The van der Waals surface area contributed by atoms with E-state index in [2.05, 4.69) is 77.9 Å². The van der Waals surface area contributed by atoms with Crippen molar-refractivity contribution in [2.24, 2.45) is 0 Å². The van der Waals surface area contributed by atoms with Gasteiger partial charge in [-0.2, -0.15) is 0 Å². The second kappa shape index (κ2) is 6.10. The first kappa shape index (κ1) is 15.3. The molecule has 1 heteroatoms. The fraction of sp³-hybridized carbons (Fsp3) is 0.368. The highest BCUT2D eigenvalue weighted by Crippen LogP contribution is 2.41. The Morgan fingerprint density at radius 3 is 1.45 bits per heavy atom. The van der Waals surface area contributed by atoms with Crippen LogP contribution in [-0.2, 0) is 0 Å². The van der Waals surface area contributed by atoms with Gasteiger partial charge in [-0.25, -0.2) is 0 Å². The molecule has 106 valence electrons. The summed E-state index contributed by atoms with van der Waals surface area (Å²) in [6.45, 7) is 13.7. The third-order valence-electron chi connectivity index (χ3n) is 4.19. The number of hydrogen-bond donors (Lipinski definition) is 0. The molecular weight excluding hydrogens is 259 g/mol. The molecule has 20 heavy (non-hydrogen) atoms. The van der Waals surface area contributed by atoms with Gasteiger partial charge in [-0.15, -0.1) is 0 Å². The van der Waals surface area contributed by atoms with Gasteiger partial charge in [-0.1, -0.05) is 50.2 Å². The Morgan fingerprint density at radius 2 is 1.10 bits per heavy atom. The second-order valence-electron chi connectivity index (χ2n) is 5.90. The van der Waals surface area contributed by atoms with Gasteiger partial charge in [0.2, 0.25) is 0 Å². The van der Waals surface area contributed by atoms with Crippen LogP contribution in [0.1, 0.15) is 36.1 Å². The molecule has 0 spiro atoms. The van der Waals surface area contributed by atoms with Crippen molar-refractivity contribution in [1.82, 2.24) is 0 Å². The van der Waals surface area contributed by atoms with Crippen molar-refractivity contribution in [3.05, 3.63) is 58.7 Å². The summed E-state index contributed by atoms with van der Waals surface area (Å²) in [5, 5.41) is 3.09.